The predicted molar refractivity (Wildman–Crippen MR) is 81.2 cm³/mol. The number of anilines is 1. The van der Waals surface area contributed by atoms with Crippen LogP contribution in [0.1, 0.15) is 33.1 Å². The minimum absolute atomic E-state index is 0.131. The summed E-state index contributed by atoms with van der Waals surface area (Å²) in [6, 6.07) is 5.27. The van der Waals surface area contributed by atoms with Gasteiger partial charge in [-0.25, -0.2) is 4.39 Å². The van der Waals surface area contributed by atoms with E-state index in [1.54, 1.807) is 6.07 Å². The number of nitrogens with two attached hydrogens (primary N) is 1. The van der Waals surface area contributed by atoms with Crippen molar-refractivity contribution in [2.24, 2.45) is 0 Å². The first-order chi connectivity index (χ1) is 9.49. The van der Waals surface area contributed by atoms with E-state index in [-0.39, 0.29) is 11.6 Å². The molecule has 0 bridgehead atoms. The Morgan fingerprint density at radius 3 is 2.65 bits per heavy atom. The predicted octanol–water partition coefficient (Wildman–Crippen LogP) is 3.29. The Morgan fingerprint density at radius 2 is 2.05 bits per heavy atom. The molecular weight excluding hydrogens is 275 g/mol. The van der Waals surface area contributed by atoms with Gasteiger partial charge in [0.25, 0.3) is 0 Å². The second-order valence-electron chi connectivity index (χ2n) is 5.40. The van der Waals surface area contributed by atoms with E-state index >= 15 is 0 Å². The van der Waals surface area contributed by atoms with E-state index < -0.39 is 5.82 Å². The van der Waals surface area contributed by atoms with Crippen molar-refractivity contribution in [1.82, 2.24) is 4.90 Å². The number of likely N-dealkylation sites (tertiary alicyclic amines) is 1. The lowest BCUT2D eigenvalue weighted by Gasteiger charge is -2.39. The Kier molecular flexibility index (Phi) is 4.91. The molecule has 0 spiro atoms. The maximum atomic E-state index is 13.3. The summed E-state index contributed by atoms with van der Waals surface area (Å²) in [5, 5.41) is 0. The highest BCUT2D eigenvalue weighted by molar-refractivity contribution is 8.00. The van der Waals surface area contributed by atoms with Crippen molar-refractivity contribution < 1.29 is 9.18 Å². The minimum atomic E-state index is -0.429. The number of carbonyl (C=O) groups excluding carboxylic acids is 1. The Morgan fingerprint density at radius 1 is 1.40 bits per heavy atom. The first kappa shape index (κ1) is 15.2. The monoisotopic (exact) mass is 296 g/mol. The summed E-state index contributed by atoms with van der Waals surface area (Å²) in [6.07, 6.45) is 3.32. The molecule has 20 heavy (non-hydrogen) atoms. The van der Waals surface area contributed by atoms with Crippen molar-refractivity contribution in [3.05, 3.63) is 24.0 Å². The van der Waals surface area contributed by atoms with Gasteiger partial charge in [-0.05, 0) is 51.3 Å². The molecule has 2 atom stereocenters. The van der Waals surface area contributed by atoms with Crippen molar-refractivity contribution >= 4 is 23.4 Å². The molecule has 0 aliphatic carbocycles. The molecule has 1 aromatic carbocycles. The molecule has 2 unspecified atom stereocenters. The van der Waals surface area contributed by atoms with E-state index in [1.807, 2.05) is 4.90 Å². The average molecular weight is 296 g/mol. The number of piperidine rings is 1. The maximum Gasteiger partial charge on any atom is 0.233 e. The summed E-state index contributed by atoms with van der Waals surface area (Å²) < 4.78 is 13.3. The first-order valence-electron chi connectivity index (χ1n) is 6.98. The summed E-state index contributed by atoms with van der Waals surface area (Å²) in [5.41, 5.74) is 5.58. The van der Waals surface area contributed by atoms with Gasteiger partial charge in [0.1, 0.15) is 5.82 Å². The number of nitrogens with zero attached hydrogens (tertiary/aromatic N) is 1. The highest BCUT2D eigenvalue weighted by Gasteiger charge is 2.28. The Bertz CT molecular complexity index is 485. The number of rotatable bonds is 3. The highest BCUT2D eigenvalue weighted by Crippen LogP contribution is 2.26. The number of benzene rings is 1. The van der Waals surface area contributed by atoms with Crippen molar-refractivity contribution in [2.45, 2.75) is 50.1 Å². The molecule has 1 heterocycles. The number of halogens is 1. The van der Waals surface area contributed by atoms with Crippen LogP contribution in [0.5, 0.6) is 0 Å². The van der Waals surface area contributed by atoms with E-state index in [9.17, 15) is 9.18 Å². The molecule has 5 heteroatoms. The second-order valence-corrected chi connectivity index (χ2v) is 6.45. The maximum absolute atomic E-state index is 13.3. The zero-order valence-electron chi connectivity index (χ0n) is 11.9. The van der Waals surface area contributed by atoms with E-state index in [0.29, 0.717) is 17.8 Å². The zero-order chi connectivity index (χ0) is 14.7. The molecule has 0 aromatic heterocycles. The standard InChI is InChI=1S/C15H21FN2OS/c1-10-4-3-5-11(2)18(10)15(19)9-20-12-6-7-14(17)13(16)8-12/h6-8,10-11H,3-5,9,17H2,1-2H3. The number of nitrogen functional groups attached to an aromatic ring is 1. The third-order valence-corrected chi connectivity index (χ3v) is 4.79. The molecule has 1 aliphatic rings. The summed E-state index contributed by atoms with van der Waals surface area (Å²) in [6.45, 7) is 4.20. The number of hydrogen-bond donors (Lipinski definition) is 1. The zero-order valence-corrected chi connectivity index (χ0v) is 12.8. The fourth-order valence-electron chi connectivity index (χ4n) is 2.73. The summed E-state index contributed by atoms with van der Waals surface area (Å²) in [5.74, 6) is 0.0481. The molecule has 1 fully saturated rings. The molecule has 3 nitrogen and oxygen atoms in total. The average Bonchev–Trinajstić information content (AvgIpc) is 2.40. The fraction of sp³-hybridized carbons (Fsp3) is 0.533. The van der Waals surface area contributed by atoms with Crippen LogP contribution in [-0.2, 0) is 4.79 Å². The van der Waals surface area contributed by atoms with E-state index in [0.717, 1.165) is 17.7 Å². The Labute approximate surface area is 123 Å². The largest absolute Gasteiger partial charge is 0.396 e. The molecule has 1 aliphatic heterocycles. The third-order valence-electron chi connectivity index (χ3n) is 3.82. The van der Waals surface area contributed by atoms with Crippen molar-refractivity contribution in [1.29, 1.82) is 0 Å². The minimum Gasteiger partial charge on any atom is -0.396 e. The van der Waals surface area contributed by atoms with E-state index in [1.165, 1.54) is 30.3 Å². The van der Waals surface area contributed by atoms with E-state index in [2.05, 4.69) is 13.8 Å². The normalized spacial score (nSPS) is 22.9. The molecular formula is C15H21FN2OS. The molecule has 0 radical (unpaired) electrons. The third kappa shape index (κ3) is 3.45. The molecule has 0 saturated carbocycles. The quantitative estimate of drug-likeness (QED) is 0.687. The Hall–Kier alpha value is -1.23. The Balaban J connectivity index is 1.95. The van der Waals surface area contributed by atoms with Crippen molar-refractivity contribution in [3.8, 4) is 0 Å². The van der Waals surface area contributed by atoms with Crippen LogP contribution < -0.4 is 5.73 Å². The lowest BCUT2D eigenvalue weighted by atomic mass is 9.98. The van der Waals surface area contributed by atoms with Gasteiger partial charge in [0, 0.05) is 17.0 Å². The van der Waals surface area contributed by atoms with Gasteiger partial charge in [0.05, 0.1) is 11.4 Å². The fourth-order valence-corrected chi connectivity index (χ4v) is 3.52. The van der Waals surface area contributed by atoms with Gasteiger partial charge in [-0.1, -0.05) is 0 Å². The van der Waals surface area contributed by atoms with Crippen molar-refractivity contribution in [3.63, 3.8) is 0 Å². The smallest absolute Gasteiger partial charge is 0.233 e. The second kappa shape index (κ2) is 6.48. The number of carbonyl (C=O) groups is 1. The van der Waals surface area contributed by atoms with E-state index in [4.69, 9.17) is 5.73 Å². The van der Waals surface area contributed by atoms with Gasteiger partial charge in [-0.2, -0.15) is 0 Å². The molecule has 1 saturated heterocycles. The van der Waals surface area contributed by atoms with Gasteiger partial charge in [0.2, 0.25) is 5.91 Å². The number of hydrogen-bond acceptors (Lipinski definition) is 3. The first-order valence-corrected chi connectivity index (χ1v) is 7.96. The molecule has 2 N–H and O–H groups in total. The van der Waals surface area contributed by atoms with Gasteiger partial charge in [-0.3, -0.25) is 4.79 Å². The van der Waals surface area contributed by atoms with Crippen LogP contribution >= 0.6 is 11.8 Å². The SMILES string of the molecule is CC1CCCC(C)N1C(=O)CSc1ccc(N)c(F)c1. The van der Waals surface area contributed by atoms with Crippen LogP contribution in [-0.4, -0.2) is 28.6 Å². The molecule has 110 valence electrons. The summed E-state index contributed by atoms with van der Waals surface area (Å²) >= 11 is 1.36. The number of amides is 1. The summed E-state index contributed by atoms with van der Waals surface area (Å²) in [7, 11) is 0. The van der Waals surface area contributed by atoms with Gasteiger partial charge in [-0.15, -0.1) is 11.8 Å². The van der Waals surface area contributed by atoms with Crippen LogP contribution in [0.2, 0.25) is 0 Å². The van der Waals surface area contributed by atoms with Crippen LogP contribution in [0.25, 0.3) is 0 Å². The summed E-state index contributed by atoms with van der Waals surface area (Å²) in [4.78, 5) is 15.0. The lowest BCUT2D eigenvalue weighted by Crippen LogP contribution is -2.48. The van der Waals surface area contributed by atoms with Crippen LogP contribution in [0.15, 0.2) is 23.1 Å². The number of thioether (sulfide) groups is 1. The molecule has 1 amide bonds. The van der Waals surface area contributed by atoms with Crippen molar-refractivity contribution in [2.75, 3.05) is 11.5 Å². The van der Waals surface area contributed by atoms with Crippen LogP contribution in [0.4, 0.5) is 10.1 Å². The van der Waals surface area contributed by atoms with Gasteiger partial charge >= 0.3 is 0 Å². The van der Waals surface area contributed by atoms with Crippen LogP contribution in [0.3, 0.4) is 0 Å². The lowest BCUT2D eigenvalue weighted by molar-refractivity contribution is -0.134. The van der Waals surface area contributed by atoms with Gasteiger partial charge in [0.15, 0.2) is 0 Å². The van der Waals surface area contributed by atoms with Gasteiger partial charge < -0.3 is 10.6 Å². The molecule has 2 rings (SSSR count). The highest BCUT2D eigenvalue weighted by atomic mass is 32.2. The molecule has 1 aromatic rings. The van der Waals surface area contributed by atoms with Crippen LogP contribution in [0, 0.1) is 5.82 Å². The topological polar surface area (TPSA) is 46.3 Å².